The normalized spacial score (nSPS) is 13.7. The van der Waals surface area contributed by atoms with Crippen molar-refractivity contribution in [2.24, 2.45) is 0 Å². The molecule has 1 saturated carbocycles. The van der Waals surface area contributed by atoms with E-state index in [1.807, 2.05) is 51.1 Å². The van der Waals surface area contributed by atoms with E-state index in [-0.39, 0.29) is 17.9 Å². The zero-order valence-electron chi connectivity index (χ0n) is 20.6. The van der Waals surface area contributed by atoms with Crippen LogP contribution in [0.3, 0.4) is 0 Å². The highest BCUT2D eigenvalue weighted by molar-refractivity contribution is 6.05. The molecule has 182 valence electrons. The Hall–Kier alpha value is -3.32. The van der Waals surface area contributed by atoms with Crippen LogP contribution in [0, 0.1) is 27.7 Å². The minimum absolute atomic E-state index is 0.0845. The highest BCUT2D eigenvalue weighted by Gasteiger charge is 2.28. The van der Waals surface area contributed by atoms with Gasteiger partial charge in [-0.15, -0.1) is 0 Å². The summed E-state index contributed by atoms with van der Waals surface area (Å²) < 4.78 is 10.7. The summed E-state index contributed by atoms with van der Waals surface area (Å²) in [5.41, 5.74) is 1.98. The lowest BCUT2D eigenvalue weighted by Gasteiger charge is -2.31. The first kappa shape index (κ1) is 25.3. The van der Waals surface area contributed by atoms with E-state index in [1.54, 1.807) is 26.2 Å². The Morgan fingerprint density at radius 2 is 1.44 bits per heavy atom. The van der Waals surface area contributed by atoms with E-state index < -0.39 is 0 Å². The molecular weight excluding hydrogens is 432 g/mol. The van der Waals surface area contributed by atoms with Gasteiger partial charge in [-0.25, -0.2) is 5.06 Å². The predicted molar refractivity (Wildman–Crippen MR) is 131 cm³/mol. The number of benzene rings is 1. The summed E-state index contributed by atoms with van der Waals surface area (Å²) in [5, 5.41) is 4.34. The fraction of sp³-hybridized carbons (Fsp3) is 0.407. The Balaban J connectivity index is 0.000000192. The summed E-state index contributed by atoms with van der Waals surface area (Å²) in [7, 11) is 1.56. The van der Waals surface area contributed by atoms with Crippen molar-refractivity contribution in [2.75, 3.05) is 12.4 Å². The lowest BCUT2D eigenvalue weighted by molar-refractivity contribution is -0.129. The lowest BCUT2D eigenvalue weighted by atomic mass is 9.95. The molecule has 2 aromatic heterocycles. The number of rotatable bonds is 5. The SMILES string of the molecule is CON(C(=O)c1cc(C)oc1C)C1CCCCC1.Cc1cc(C(=O)Nc2ccccc2)c(C)o1. The molecule has 7 nitrogen and oxygen atoms in total. The third-order valence-corrected chi connectivity index (χ3v) is 5.89. The molecule has 1 aliphatic carbocycles. The van der Waals surface area contributed by atoms with E-state index in [2.05, 4.69) is 5.32 Å². The summed E-state index contributed by atoms with van der Waals surface area (Å²) in [6.45, 7) is 7.27. The predicted octanol–water partition coefficient (Wildman–Crippen LogP) is 6.38. The molecule has 2 heterocycles. The number of para-hydroxylation sites is 1. The van der Waals surface area contributed by atoms with Crippen LogP contribution in [0.2, 0.25) is 0 Å². The van der Waals surface area contributed by atoms with Gasteiger partial charge in [0.2, 0.25) is 0 Å². The number of carbonyl (C=O) groups is 2. The van der Waals surface area contributed by atoms with Gasteiger partial charge in [0.15, 0.2) is 0 Å². The molecule has 4 rings (SSSR count). The van der Waals surface area contributed by atoms with E-state index in [1.165, 1.54) is 24.3 Å². The molecule has 0 aliphatic heterocycles. The maximum Gasteiger partial charge on any atom is 0.281 e. The van der Waals surface area contributed by atoms with Crippen LogP contribution in [0.25, 0.3) is 0 Å². The first-order valence-electron chi connectivity index (χ1n) is 11.7. The number of nitrogens with one attached hydrogen (secondary N) is 1. The molecule has 0 atom stereocenters. The molecule has 1 aliphatic rings. The van der Waals surface area contributed by atoms with Crippen LogP contribution < -0.4 is 5.32 Å². The monoisotopic (exact) mass is 466 g/mol. The number of nitrogens with zero attached hydrogens (tertiary/aromatic N) is 1. The van der Waals surface area contributed by atoms with Crippen molar-refractivity contribution in [3.8, 4) is 0 Å². The van der Waals surface area contributed by atoms with Crippen LogP contribution in [0.1, 0.15) is 75.9 Å². The number of anilines is 1. The number of hydroxylamine groups is 2. The molecule has 3 aromatic rings. The van der Waals surface area contributed by atoms with Crippen molar-refractivity contribution < 1.29 is 23.3 Å². The van der Waals surface area contributed by atoms with Crippen LogP contribution in [0.15, 0.2) is 51.3 Å². The van der Waals surface area contributed by atoms with Gasteiger partial charge >= 0.3 is 0 Å². The van der Waals surface area contributed by atoms with Gasteiger partial charge in [0.05, 0.1) is 24.3 Å². The zero-order chi connectivity index (χ0) is 24.7. The molecule has 2 amide bonds. The Kier molecular flexibility index (Phi) is 8.71. The molecule has 0 spiro atoms. The topological polar surface area (TPSA) is 84.9 Å². The molecule has 0 saturated heterocycles. The summed E-state index contributed by atoms with van der Waals surface area (Å²) in [6.07, 6.45) is 5.64. The molecule has 0 radical (unpaired) electrons. The van der Waals surface area contributed by atoms with E-state index in [0.29, 0.717) is 22.6 Å². The Bertz CT molecular complexity index is 1090. The molecule has 1 fully saturated rings. The number of aryl methyl sites for hydroxylation is 4. The average Bonchev–Trinajstić information content (AvgIpc) is 3.35. The van der Waals surface area contributed by atoms with Crippen LogP contribution in [-0.4, -0.2) is 30.0 Å². The number of furan rings is 2. The van der Waals surface area contributed by atoms with E-state index in [4.69, 9.17) is 13.7 Å². The first-order chi connectivity index (χ1) is 16.3. The van der Waals surface area contributed by atoms with Crippen LogP contribution in [-0.2, 0) is 4.84 Å². The Morgan fingerprint density at radius 3 is 1.94 bits per heavy atom. The van der Waals surface area contributed by atoms with Gasteiger partial charge < -0.3 is 14.2 Å². The third kappa shape index (κ3) is 6.38. The molecule has 1 N–H and O–H groups in total. The quantitative estimate of drug-likeness (QED) is 0.441. The minimum atomic E-state index is -0.138. The van der Waals surface area contributed by atoms with Gasteiger partial charge in [-0.05, 0) is 64.8 Å². The molecular formula is C27H34N2O5. The maximum absolute atomic E-state index is 12.5. The van der Waals surface area contributed by atoms with Crippen molar-refractivity contribution in [2.45, 2.75) is 65.8 Å². The largest absolute Gasteiger partial charge is 0.466 e. The van der Waals surface area contributed by atoms with Crippen molar-refractivity contribution in [3.05, 3.63) is 76.6 Å². The highest BCUT2D eigenvalue weighted by Crippen LogP contribution is 2.25. The van der Waals surface area contributed by atoms with Gasteiger partial charge in [0.1, 0.15) is 23.0 Å². The number of hydrogen-bond acceptors (Lipinski definition) is 5. The number of carbonyl (C=O) groups excluding carboxylic acids is 2. The van der Waals surface area contributed by atoms with Crippen LogP contribution in [0.5, 0.6) is 0 Å². The van der Waals surface area contributed by atoms with E-state index in [9.17, 15) is 9.59 Å². The lowest BCUT2D eigenvalue weighted by Crippen LogP contribution is -2.40. The van der Waals surface area contributed by atoms with Crippen molar-refractivity contribution in [1.82, 2.24) is 5.06 Å². The Labute approximate surface area is 201 Å². The van der Waals surface area contributed by atoms with Crippen LogP contribution >= 0.6 is 0 Å². The molecule has 0 bridgehead atoms. The van der Waals surface area contributed by atoms with Crippen molar-refractivity contribution in [1.29, 1.82) is 0 Å². The zero-order valence-corrected chi connectivity index (χ0v) is 20.6. The van der Waals surface area contributed by atoms with E-state index >= 15 is 0 Å². The molecule has 7 heteroatoms. The molecule has 34 heavy (non-hydrogen) atoms. The summed E-state index contributed by atoms with van der Waals surface area (Å²) in [5.74, 6) is 2.59. The first-order valence-corrected chi connectivity index (χ1v) is 11.7. The third-order valence-electron chi connectivity index (χ3n) is 5.89. The van der Waals surface area contributed by atoms with Crippen molar-refractivity contribution >= 4 is 17.5 Å². The van der Waals surface area contributed by atoms with E-state index in [0.717, 1.165) is 30.0 Å². The van der Waals surface area contributed by atoms with Gasteiger partial charge in [0.25, 0.3) is 11.8 Å². The number of hydrogen-bond donors (Lipinski definition) is 1. The minimum Gasteiger partial charge on any atom is -0.466 e. The van der Waals surface area contributed by atoms with Gasteiger partial charge in [-0.2, -0.15) is 0 Å². The fourth-order valence-electron chi connectivity index (χ4n) is 4.25. The maximum atomic E-state index is 12.5. The molecule has 1 aromatic carbocycles. The Morgan fingerprint density at radius 1 is 0.882 bits per heavy atom. The standard InChI is InChI=1S/C14H21NO3.C13H13NO2/c1-10-9-13(11(2)18-10)14(16)15(17-3)12-7-5-4-6-8-12;1-9-8-12(10(2)16-9)13(15)14-11-6-4-3-5-7-11/h9,12H,4-8H2,1-3H3;3-8H,1-2H3,(H,14,15). The second kappa shape index (κ2) is 11.7. The smallest absolute Gasteiger partial charge is 0.281 e. The van der Waals surface area contributed by atoms with Crippen molar-refractivity contribution in [3.63, 3.8) is 0 Å². The summed E-state index contributed by atoms with van der Waals surface area (Å²) in [4.78, 5) is 29.6. The van der Waals surface area contributed by atoms with Gasteiger partial charge in [-0.3, -0.25) is 14.4 Å². The van der Waals surface area contributed by atoms with Crippen LogP contribution in [0.4, 0.5) is 5.69 Å². The molecule has 0 unspecified atom stereocenters. The number of amides is 2. The average molecular weight is 467 g/mol. The second-order valence-corrected chi connectivity index (χ2v) is 8.58. The van der Waals surface area contributed by atoms with Gasteiger partial charge in [0, 0.05) is 5.69 Å². The van der Waals surface area contributed by atoms with Gasteiger partial charge in [-0.1, -0.05) is 37.5 Å². The fourth-order valence-corrected chi connectivity index (χ4v) is 4.25. The summed E-state index contributed by atoms with van der Waals surface area (Å²) >= 11 is 0. The second-order valence-electron chi connectivity index (χ2n) is 8.58. The highest BCUT2D eigenvalue weighted by atomic mass is 16.7. The summed E-state index contributed by atoms with van der Waals surface area (Å²) in [6, 6.07) is 13.1.